The van der Waals surface area contributed by atoms with Crippen LogP contribution in [0.25, 0.3) is 0 Å². The van der Waals surface area contributed by atoms with Crippen LogP contribution in [0, 0.1) is 5.82 Å². The molecule has 0 spiro atoms. The number of aryl methyl sites for hydroxylation is 1. The Bertz CT molecular complexity index is 853. The van der Waals surface area contributed by atoms with Crippen LogP contribution < -0.4 is 4.80 Å². The topological polar surface area (TPSA) is 65.1 Å². The molecule has 2 aromatic heterocycles. The number of thiazole rings is 1. The van der Waals surface area contributed by atoms with E-state index in [1.807, 2.05) is 5.38 Å². The first kappa shape index (κ1) is 15.3. The first-order valence-electron chi connectivity index (χ1n) is 6.99. The van der Waals surface area contributed by atoms with E-state index in [0.29, 0.717) is 23.5 Å². The van der Waals surface area contributed by atoms with E-state index in [2.05, 4.69) is 15.1 Å². The van der Waals surface area contributed by atoms with Crippen molar-refractivity contribution in [1.29, 1.82) is 0 Å². The van der Waals surface area contributed by atoms with Crippen molar-refractivity contribution in [3.05, 3.63) is 64.7 Å². The Morgan fingerprint density at radius 1 is 1.35 bits per heavy atom. The SMILES string of the molecule is O=C(CCn1cncn1)N=c1sccn1Cc1ccccc1F. The summed E-state index contributed by atoms with van der Waals surface area (Å²) in [6, 6.07) is 6.57. The van der Waals surface area contributed by atoms with E-state index in [1.54, 1.807) is 40.0 Å². The maximum absolute atomic E-state index is 13.7. The van der Waals surface area contributed by atoms with Crippen molar-refractivity contribution in [3.8, 4) is 0 Å². The number of aromatic nitrogens is 4. The number of hydrogen-bond acceptors (Lipinski definition) is 4. The van der Waals surface area contributed by atoms with Crippen LogP contribution in [0.3, 0.4) is 0 Å². The largest absolute Gasteiger partial charge is 0.319 e. The van der Waals surface area contributed by atoms with Gasteiger partial charge in [-0.25, -0.2) is 9.37 Å². The predicted molar refractivity (Wildman–Crippen MR) is 83.0 cm³/mol. The van der Waals surface area contributed by atoms with Crippen molar-refractivity contribution < 1.29 is 9.18 Å². The van der Waals surface area contributed by atoms with Gasteiger partial charge >= 0.3 is 0 Å². The maximum atomic E-state index is 13.7. The summed E-state index contributed by atoms with van der Waals surface area (Å²) in [5.41, 5.74) is 0.558. The predicted octanol–water partition coefficient (Wildman–Crippen LogP) is 1.85. The highest BCUT2D eigenvalue weighted by Crippen LogP contribution is 2.08. The molecule has 0 saturated carbocycles. The van der Waals surface area contributed by atoms with Crippen LogP contribution in [-0.4, -0.2) is 25.2 Å². The third-order valence-corrected chi connectivity index (χ3v) is 3.99. The molecular weight excluding hydrogens is 317 g/mol. The van der Waals surface area contributed by atoms with E-state index >= 15 is 0 Å². The first-order chi connectivity index (χ1) is 11.2. The molecule has 6 nitrogen and oxygen atoms in total. The van der Waals surface area contributed by atoms with E-state index < -0.39 is 0 Å². The number of amides is 1. The number of hydrogen-bond donors (Lipinski definition) is 0. The number of rotatable bonds is 5. The minimum atomic E-state index is -0.269. The normalized spacial score (nSPS) is 11.8. The molecule has 23 heavy (non-hydrogen) atoms. The van der Waals surface area contributed by atoms with Gasteiger partial charge in [0.1, 0.15) is 18.5 Å². The van der Waals surface area contributed by atoms with Gasteiger partial charge < -0.3 is 4.57 Å². The Kier molecular flexibility index (Phi) is 4.72. The highest BCUT2D eigenvalue weighted by Gasteiger charge is 2.05. The van der Waals surface area contributed by atoms with Crippen LogP contribution in [0.5, 0.6) is 0 Å². The molecule has 0 aliphatic carbocycles. The van der Waals surface area contributed by atoms with Gasteiger partial charge in [-0.2, -0.15) is 10.1 Å². The van der Waals surface area contributed by atoms with Crippen LogP contribution in [0.4, 0.5) is 4.39 Å². The van der Waals surface area contributed by atoms with Gasteiger partial charge in [0.05, 0.1) is 13.1 Å². The van der Waals surface area contributed by atoms with Gasteiger partial charge in [-0.15, -0.1) is 11.3 Å². The molecule has 2 heterocycles. The Morgan fingerprint density at radius 2 is 2.22 bits per heavy atom. The lowest BCUT2D eigenvalue weighted by molar-refractivity contribution is -0.118. The molecule has 0 atom stereocenters. The first-order valence-corrected chi connectivity index (χ1v) is 7.87. The lowest BCUT2D eigenvalue weighted by Crippen LogP contribution is -2.18. The molecule has 0 unspecified atom stereocenters. The number of carbonyl (C=O) groups excluding carboxylic acids is 1. The maximum Gasteiger partial charge on any atom is 0.250 e. The number of benzene rings is 1. The second kappa shape index (κ2) is 7.10. The summed E-state index contributed by atoms with van der Waals surface area (Å²) >= 11 is 1.34. The monoisotopic (exact) mass is 331 g/mol. The van der Waals surface area contributed by atoms with Crippen molar-refractivity contribution in [3.63, 3.8) is 0 Å². The Morgan fingerprint density at radius 3 is 3.00 bits per heavy atom. The third kappa shape index (κ3) is 3.98. The zero-order valence-electron chi connectivity index (χ0n) is 12.2. The van der Waals surface area contributed by atoms with Crippen LogP contribution in [0.1, 0.15) is 12.0 Å². The molecule has 0 aliphatic heterocycles. The van der Waals surface area contributed by atoms with E-state index in [9.17, 15) is 9.18 Å². The minimum absolute atomic E-state index is 0.237. The van der Waals surface area contributed by atoms with Crippen LogP contribution >= 0.6 is 11.3 Å². The number of nitrogens with zero attached hydrogens (tertiary/aromatic N) is 5. The van der Waals surface area contributed by atoms with Crippen molar-refractivity contribution in [2.45, 2.75) is 19.5 Å². The fraction of sp³-hybridized carbons (Fsp3) is 0.200. The molecule has 0 aliphatic rings. The molecule has 8 heteroatoms. The second-order valence-electron chi connectivity index (χ2n) is 4.82. The van der Waals surface area contributed by atoms with Crippen molar-refractivity contribution in [1.82, 2.24) is 19.3 Å². The van der Waals surface area contributed by atoms with E-state index in [-0.39, 0.29) is 18.1 Å². The molecular formula is C15H14FN5OS. The Labute approximate surface area is 135 Å². The molecule has 0 fully saturated rings. The van der Waals surface area contributed by atoms with Crippen molar-refractivity contribution in [2.75, 3.05) is 0 Å². The highest BCUT2D eigenvalue weighted by atomic mass is 32.1. The van der Waals surface area contributed by atoms with E-state index in [4.69, 9.17) is 0 Å². The molecule has 0 bridgehead atoms. The molecule has 0 N–H and O–H groups in total. The molecule has 0 radical (unpaired) electrons. The lowest BCUT2D eigenvalue weighted by Gasteiger charge is -2.04. The number of halogens is 1. The van der Waals surface area contributed by atoms with E-state index in [1.165, 1.54) is 23.7 Å². The van der Waals surface area contributed by atoms with Gasteiger partial charge in [-0.05, 0) is 6.07 Å². The zero-order chi connectivity index (χ0) is 16.1. The quantitative estimate of drug-likeness (QED) is 0.717. The molecule has 118 valence electrons. The standard InChI is InChI=1S/C15H14FN5OS/c16-13-4-2-1-3-12(13)9-20-7-8-23-15(20)19-14(22)5-6-21-11-17-10-18-21/h1-4,7-8,10-11H,5-6,9H2. The molecule has 1 aromatic carbocycles. The molecule has 1 amide bonds. The van der Waals surface area contributed by atoms with Crippen molar-refractivity contribution in [2.24, 2.45) is 4.99 Å². The fourth-order valence-corrected chi connectivity index (χ4v) is 2.78. The van der Waals surface area contributed by atoms with Crippen LogP contribution in [0.2, 0.25) is 0 Å². The Hall–Kier alpha value is -2.61. The molecule has 3 aromatic rings. The average molecular weight is 331 g/mol. The van der Waals surface area contributed by atoms with Gasteiger partial charge in [0.2, 0.25) is 5.91 Å². The van der Waals surface area contributed by atoms with E-state index in [0.717, 1.165) is 0 Å². The lowest BCUT2D eigenvalue weighted by atomic mass is 10.2. The van der Waals surface area contributed by atoms with Gasteiger partial charge in [0, 0.05) is 23.6 Å². The highest BCUT2D eigenvalue weighted by molar-refractivity contribution is 7.07. The third-order valence-electron chi connectivity index (χ3n) is 3.20. The van der Waals surface area contributed by atoms with Gasteiger partial charge in [0.25, 0.3) is 0 Å². The van der Waals surface area contributed by atoms with Crippen molar-refractivity contribution >= 4 is 17.2 Å². The summed E-state index contributed by atoms with van der Waals surface area (Å²) < 4.78 is 17.1. The summed E-state index contributed by atoms with van der Waals surface area (Å²) in [6.07, 6.45) is 5.00. The van der Waals surface area contributed by atoms with Gasteiger partial charge in [-0.1, -0.05) is 18.2 Å². The molecule has 0 saturated heterocycles. The van der Waals surface area contributed by atoms with Gasteiger partial charge in [-0.3, -0.25) is 9.48 Å². The smallest absolute Gasteiger partial charge is 0.250 e. The molecule has 3 rings (SSSR count). The van der Waals surface area contributed by atoms with Crippen LogP contribution in [-0.2, 0) is 17.9 Å². The zero-order valence-corrected chi connectivity index (χ0v) is 13.0. The Balaban J connectivity index is 1.72. The summed E-state index contributed by atoms with van der Waals surface area (Å²) in [5.74, 6) is -0.514. The average Bonchev–Trinajstić information content (AvgIpc) is 3.20. The van der Waals surface area contributed by atoms with Crippen LogP contribution in [0.15, 0.2) is 53.5 Å². The number of carbonyl (C=O) groups is 1. The fourth-order valence-electron chi connectivity index (χ4n) is 2.04. The summed E-state index contributed by atoms with van der Waals surface area (Å²) in [6.45, 7) is 0.770. The summed E-state index contributed by atoms with van der Waals surface area (Å²) in [7, 11) is 0. The summed E-state index contributed by atoms with van der Waals surface area (Å²) in [5, 5.41) is 5.76. The second-order valence-corrected chi connectivity index (χ2v) is 5.69. The minimum Gasteiger partial charge on any atom is -0.319 e. The summed E-state index contributed by atoms with van der Waals surface area (Å²) in [4.78, 5) is 20.4. The van der Waals surface area contributed by atoms with Gasteiger partial charge in [0.15, 0.2) is 4.80 Å².